The highest BCUT2D eigenvalue weighted by Crippen LogP contribution is 2.20. The van der Waals surface area contributed by atoms with Crippen molar-refractivity contribution < 1.29 is 9.57 Å². The van der Waals surface area contributed by atoms with Gasteiger partial charge >= 0.3 is 0 Å². The third-order valence-corrected chi connectivity index (χ3v) is 3.85. The number of ether oxygens (including phenoxy) is 1. The van der Waals surface area contributed by atoms with Gasteiger partial charge in [0.15, 0.2) is 0 Å². The number of nitrogens with one attached hydrogen (secondary N) is 1. The number of nitrogens with zero attached hydrogens (tertiary/aromatic N) is 2. The lowest BCUT2D eigenvalue weighted by molar-refractivity contribution is 0.303. The molecule has 0 amide bonds. The molecule has 0 bridgehead atoms. The van der Waals surface area contributed by atoms with Crippen LogP contribution in [-0.4, -0.2) is 17.1 Å². The molecule has 0 unspecified atom stereocenters. The molecule has 5 nitrogen and oxygen atoms in total. The summed E-state index contributed by atoms with van der Waals surface area (Å²) in [5.74, 6) is 0.842. The van der Waals surface area contributed by atoms with Crippen molar-refractivity contribution in [1.82, 2.24) is 4.98 Å². The maximum atomic E-state index is 7.09. The molecule has 0 radical (unpaired) electrons. The van der Waals surface area contributed by atoms with Crippen LogP contribution in [0.5, 0.6) is 5.75 Å². The molecule has 0 saturated carbocycles. The van der Waals surface area contributed by atoms with Gasteiger partial charge in [-0.25, -0.2) is 0 Å². The van der Waals surface area contributed by atoms with Crippen LogP contribution in [0.4, 0.5) is 0 Å². The molecule has 0 fully saturated rings. The molecule has 1 aromatic heterocycles. The number of oxime groups is 1. The molecule has 3 rings (SSSR count). The molecule has 1 heterocycles. The van der Waals surface area contributed by atoms with Crippen molar-refractivity contribution >= 4 is 12.1 Å². The van der Waals surface area contributed by atoms with Gasteiger partial charge in [0.25, 0.3) is 0 Å². The number of benzene rings is 2. The number of aryl methyl sites for hydroxylation is 1. The van der Waals surface area contributed by atoms with Gasteiger partial charge in [-0.1, -0.05) is 53.7 Å². The average molecular weight is 345 g/mol. The highest BCUT2D eigenvalue weighted by atomic mass is 16.6. The van der Waals surface area contributed by atoms with Gasteiger partial charge in [-0.15, -0.1) is 0 Å². The van der Waals surface area contributed by atoms with Gasteiger partial charge in [-0.05, 0) is 36.2 Å². The van der Waals surface area contributed by atoms with E-state index < -0.39 is 0 Å². The van der Waals surface area contributed by atoms with E-state index in [1.54, 1.807) is 6.20 Å². The van der Waals surface area contributed by atoms with Crippen molar-refractivity contribution in [2.45, 2.75) is 13.5 Å². The lowest BCUT2D eigenvalue weighted by Crippen LogP contribution is -2.11. The Balaban J connectivity index is 1.94. The molecule has 26 heavy (non-hydrogen) atoms. The Morgan fingerprint density at radius 1 is 1.04 bits per heavy atom. The summed E-state index contributed by atoms with van der Waals surface area (Å²) >= 11 is 0. The van der Waals surface area contributed by atoms with E-state index in [9.17, 15) is 0 Å². The van der Waals surface area contributed by atoms with Crippen LogP contribution in [-0.2, 0) is 11.4 Å². The number of aromatic nitrogens is 1. The SMILES string of the molecule is Cc1ccccc1OCc1ccccc1/C(=N\OC=N)c1ccccn1. The Bertz CT molecular complexity index is 908. The van der Waals surface area contributed by atoms with Crippen molar-refractivity contribution in [3.05, 3.63) is 95.3 Å². The van der Waals surface area contributed by atoms with Gasteiger partial charge in [0.05, 0.1) is 5.69 Å². The summed E-state index contributed by atoms with van der Waals surface area (Å²) < 4.78 is 5.99. The average Bonchev–Trinajstić information content (AvgIpc) is 2.69. The normalized spacial score (nSPS) is 11.0. The molecular weight excluding hydrogens is 326 g/mol. The van der Waals surface area contributed by atoms with E-state index in [-0.39, 0.29) is 0 Å². The van der Waals surface area contributed by atoms with E-state index in [4.69, 9.17) is 15.0 Å². The smallest absolute Gasteiger partial charge is 0.204 e. The van der Waals surface area contributed by atoms with Crippen LogP contribution < -0.4 is 4.74 Å². The molecule has 1 N–H and O–H groups in total. The molecule has 0 saturated heterocycles. The molecule has 130 valence electrons. The number of hydrogen-bond donors (Lipinski definition) is 1. The predicted octanol–water partition coefficient (Wildman–Crippen LogP) is 4.35. The van der Waals surface area contributed by atoms with Crippen LogP contribution in [0.1, 0.15) is 22.4 Å². The van der Waals surface area contributed by atoms with Gasteiger partial charge in [0.1, 0.15) is 18.1 Å². The maximum Gasteiger partial charge on any atom is 0.204 e. The highest BCUT2D eigenvalue weighted by Gasteiger charge is 2.14. The molecule has 0 spiro atoms. The second kappa shape index (κ2) is 8.58. The molecular formula is C21H19N3O2. The Kier molecular flexibility index (Phi) is 5.72. The van der Waals surface area contributed by atoms with Crippen LogP contribution in [0.2, 0.25) is 0 Å². The molecule has 5 heteroatoms. The van der Waals surface area contributed by atoms with E-state index in [0.717, 1.165) is 28.8 Å². The second-order valence-electron chi connectivity index (χ2n) is 5.59. The Labute approximate surface area is 152 Å². The zero-order valence-corrected chi connectivity index (χ0v) is 14.4. The van der Waals surface area contributed by atoms with Crippen molar-refractivity contribution in [2.75, 3.05) is 0 Å². The summed E-state index contributed by atoms with van der Waals surface area (Å²) in [5.41, 5.74) is 4.10. The fourth-order valence-corrected chi connectivity index (χ4v) is 2.57. The number of rotatable bonds is 7. The molecule has 0 aliphatic rings. The van der Waals surface area contributed by atoms with Crippen LogP contribution >= 0.6 is 0 Å². The van der Waals surface area contributed by atoms with E-state index in [0.29, 0.717) is 18.0 Å². The Morgan fingerprint density at radius 2 is 1.81 bits per heavy atom. The third-order valence-electron chi connectivity index (χ3n) is 3.85. The summed E-state index contributed by atoms with van der Waals surface area (Å²) in [7, 11) is 0. The summed E-state index contributed by atoms with van der Waals surface area (Å²) in [5, 5.41) is 11.2. The van der Waals surface area contributed by atoms with Crippen LogP contribution in [0.3, 0.4) is 0 Å². The zero-order valence-electron chi connectivity index (χ0n) is 14.4. The largest absolute Gasteiger partial charge is 0.489 e. The van der Waals surface area contributed by atoms with Crippen molar-refractivity contribution in [3.63, 3.8) is 0 Å². The van der Waals surface area contributed by atoms with Crippen molar-refractivity contribution in [1.29, 1.82) is 5.41 Å². The molecule has 0 atom stereocenters. The van der Waals surface area contributed by atoms with Crippen molar-refractivity contribution in [2.24, 2.45) is 5.16 Å². The predicted molar refractivity (Wildman–Crippen MR) is 102 cm³/mol. The molecule has 2 aromatic carbocycles. The minimum absolute atomic E-state index is 0.386. The lowest BCUT2D eigenvalue weighted by atomic mass is 10.0. The third kappa shape index (κ3) is 4.13. The monoisotopic (exact) mass is 345 g/mol. The summed E-state index contributed by atoms with van der Waals surface area (Å²) in [4.78, 5) is 9.25. The fourth-order valence-electron chi connectivity index (χ4n) is 2.57. The van der Waals surface area contributed by atoms with E-state index >= 15 is 0 Å². The van der Waals surface area contributed by atoms with E-state index in [1.165, 1.54) is 0 Å². The zero-order chi connectivity index (χ0) is 18.2. The van der Waals surface area contributed by atoms with Gasteiger partial charge in [0, 0.05) is 11.8 Å². The first-order valence-corrected chi connectivity index (χ1v) is 8.20. The quantitative estimate of drug-likeness (QED) is 0.393. The molecule has 0 aliphatic carbocycles. The van der Waals surface area contributed by atoms with Gasteiger partial charge < -0.3 is 9.57 Å². The number of hydrogen-bond acceptors (Lipinski definition) is 5. The Hall–Kier alpha value is -3.47. The van der Waals surface area contributed by atoms with Crippen LogP contribution in [0.25, 0.3) is 0 Å². The van der Waals surface area contributed by atoms with Gasteiger partial charge in [-0.2, -0.15) is 0 Å². The number of pyridine rings is 1. The van der Waals surface area contributed by atoms with Gasteiger partial charge in [0.2, 0.25) is 6.40 Å². The topological polar surface area (TPSA) is 67.6 Å². The second-order valence-corrected chi connectivity index (χ2v) is 5.59. The highest BCUT2D eigenvalue weighted by molar-refractivity contribution is 6.12. The summed E-state index contributed by atoms with van der Waals surface area (Å²) in [6.45, 7) is 2.40. The molecule has 0 aliphatic heterocycles. The van der Waals surface area contributed by atoms with Crippen LogP contribution in [0, 0.1) is 12.3 Å². The standard InChI is InChI=1S/C21H19N3O2/c1-16-8-2-5-12-20(16)25-14-17-9-3-4-10-18(17)21(24-26-15-22)19-11-6-7-13-23-19/h2-13,15,22H,14H2,1H3/b22-15?,24-21+. The first-order chi connectivity index (χ1) is 12.8. The van der Waals surface area contributed by atoms with Crippen LogP contribution in [0.15, 0.2) is 78.1 Å². The Morgan fingerprint density at radius 3 is 2.58 bits per heavy atom. The summed E-state index contributed by atoms with van der Waals surface area (Å²) in [6, 6.07) is 21.3. The van der Waals surface area contributed by atoms with E-state index in [1.807, 2.05) is 73.7 Å². The molecule has 3 aromatic rings. The van der Waals surface area contributed by atoms with E-state index in [2.05, 4.69) is 10.1 Å². The maximum absolute atomic E-state index is 7.09. The summed E-state index contributed by atoms with van der Waals surface area (Å²) in [6.07, 6.45) is 2.48. The minimum Gasteiger partial charge on any atom is -0.489 e. The number of para-hydroxylation sites is 1. The van der Waals surface area contributed by atoms with Crippen molar-refractivity contribution in [3.8, 4) is 5.75 Å². The minimum atomic E-state index is 0.386. The first kappa shape index (κ1) is 17.4. The first-order valence-electron chi connectivity index (χ1n) is 8.20. The fraction of sp³-hybridized carbons (Fsp3) is 0.0952. The lowest BCUT2D eigenvalue weighted by Gasteiger charge is -2.13. The van der Waals surface area contributed by atoms with Gasteiger partial charge in [-0.3, -0.25) is 10.4 Å².